The van der Waals surface area contributed by atoms with Gasteiger partial charge in [0.1, 0.15) is 12.4 Å². The molecule has 5 rings (SSSR count). The first kappa shape index (κ1) is 23.0. The predicted octanol–water partition coefficient (Wildman–Crippen LogP) is 3.23. The van der Waals surface area contributed by atoms with Gasteiger partial charge in [-0.1, -0.05) is 60.7 Å². The largest absolute Gasteiger partial charge is 0.333 e. The van der Waals surface area contributed by atoms with E-state index in [1.54, 1.807) is 4.57 Å². The number of carbonyl (C=O) groups is 1. The molecule has 0 bridgehead atoms. The van der Waals surface area contributed by atoms with Gasteiger partial charge in [0.25, 0.3) is 5.56 Å². The number of benzene rings is 3. The molecule has 0 aliphatic carbocycles. The van der Waals surface area contributed by atoms with Crippen molar-refractivity contribution in [2.75, 3.05) is 5.32 Å². The molecule has 0 unspecified atom stereocenters. The summed E-state index contributed by atoms with van der Waals surface area (Å²) in [6.45, 7) is 0.0482. The van der Waals surface area contributed by atoms with Gasteiger partial charge in [0.2, 0.25) is 5.91 Å². The van der Waals surface area contributed by atoms with E-state index in [0.29, 0.717) is 12.2 Å². The molecule has 9 heteroatoms. The number of imidazole rings is 1. The van der Waals surface area contributed by atoms with Gasteiger partial charge in [0.15, 0.2) is 11.2 Å². The van der Waals surface area contributed by atoms with Crippen molar-refractivity contribution < 1.29 is 9.18 Å². The lowest BCUT2D eigenvalue weighted by Crippen LogP contribution is -2.43. The summed E-state index contributed by atoms with van der Waals surface area (Å²) in [5, 5.41) is 2.60. The highest BCUT2D eigenvalue weighted by molar-refractivity contribution is 5.90. The minimum Gasteiger partial charge on any atom is -0.325 e. The Labute approximate surface area is 204 Å². The Morgan fingerprint density at radius 2 is 1.42 bits per heavy atom. The van der Waals surface area contributed by atoms with Crippen molar-refractivity contribution in [3.05, 3.63) is 129 Å². The molecule has 180 valence electrons. The summed E-state index contributed by atoms with van der Waals surface area (Å²) in [6.07, 6.45) is 1.53. The van der Waals surface area contributed by atoms with Crippen molar-refractivity contribution >= 4 is 22.8 Å². The van der Waals surface area contributed by atoms with Crippen LogP contribution < -0.4 is 16.6 Å². The minimum absolute atomic E-state index is 0.179. The lowest BCUT2D eigenvalue weighted by atomic mass is 10.2. The lowest BCUT2D eigenvalue weighted by molar-refractivity contribution is -0.116. The minimum atomic E-state index is -0.643. The number of carbonyl (C=O) groups excluding carboxylic acids is 1. The summed E-state index contributed by atoms with van der Waals surface area (Å²) in [4.78, 5) is 44.1. The van der Waals surface area contributed by atoms with Crippen LogP contribution in [0, 0.1) is 5.82 Å². The Bertz CT molecular complexity index is 1640. The average molecular weight is 484 g/mol. The van der Waals surface area contributed by atoms with Crippen LogP contribution in [-0.2, 0) is 24.4 Å². The van der Waals surface area contributed by atoms with Crippen LogP contribution in [0.2, 0.25) is 0 Å². The SMILES string of the molecule is O=C(Cn1c(=O)c2c(ncn2Cc2ccccc2)n(Cc2ccccc2)c1=O)Nc1ccc(F)cc1. The van der Waals surface area contributed by atoms with Crippen molar-refractivity contribution in [1.29, 1.82) is 0 Å². The Balaban J connectivity index is 1.59. The van der Waals surface area contributed by atoms with E-state index in [9.17, 15) is 18.8 Å². The van der Waals surface area contributed by atoms with Crippen molar-refractivity contribution in [2.24, 2.45) is 0 Å². The van der Waals surface area contributed by atoms with E-state index in [1.807, 2.05) is 60.7 Å². The fourth-order valence-electron chi connectivity index (χ4n) is 4.06. The van der Waals surface area contributed by atoms with E-state index < -0.39 is 29.5 Å². The third kappa shape index (κ3) is 4.72. The summed E-state index contributed by atoms with van der Waals surface area (Å²) in [5.41, 5.74) is 1.38. The summed E-state index contributed by atoms with van der Waals surface area (Å²) in [6, 6.07) is 24.1. The van der Waals surface area contributed by atoms with Crippen LogP contribution in [-0.4, -0.2) is 24.6 Å². The van der Waals surface area contributed by atoms with E-state index >= 15 is 0 Å². The molecule has 3 aromatic carbocycles. The fraction of sp³-hybridized carbons (Fsp3) is 0.111. The number of aromatic nitrogens is 4. The third-order valence-electron chi connectivity index (χ3n) is 5.79. The molecule has 0 spiro atoms. The molecule has 5 aromatic rings. The molecular formula is C27H22FN5O3. The van der Waals surface area contributed by atoms with E-state index in [2.05, 4.69) is 10.3 Å². The van der Waals surface area contributed by atoms with Crippen molar-refractivity contribution in [3.63, 3.8) is 0 Å². The number of nitrogens with zero attached hydrogens (tertiary/aromatic N) is 4. The van der Waals surface area contributed by atoms with Crippen molar-refractivity contribution in [3.8, 4) is 0 Å². The number of fused-ring (bicyclic) bond motifs is 1. The molecule has 2 aromatic heterocycles. The van der Waals surface area contributed by atoms with Crippen LogP contribution in [0.5, 0.6) is 0 Å². The second-order valence-corrected chi connectivity index (χ2v) is 8.33. The van der Waals surface area contributed by atoms with Crippen LogP contribution in [0.1, 0.15) is 11.1 Å². The molecule has 0 fully saturated rings. The maximum atomic E-state index is 13.5. The number of halogens is 1. The summed E-state index contributed by atoms with van der Waals surface area (Å²) < 4.78 is 17.2. The maximum Gasteiger partial charge on any atom is 0.333 e. The van der Waals surface area contributed by atoms with Crippen LogP contribution in [0.15, 0.2) is 101 Å². The van der Waals surface area contributed by atoms with Crippen molar-refractivity contribution in [2.45, 2.75) is 19.6 Å². The van der Waals surface area contributed by atoms with Gasteiger partial charge in [-0.2, -0.15) is 0 Å². The number of nitrogens with one attached hydrogen (secondary N) is 1. The molecule has 2 heterocycles. The molecule has 1 amide bonds. The third-order valence-corrected chi connectivity index (χ3v) is 5.79. The second-order valence-electron chi connectivity index (χ2n) is 8.33. The number of rotatable bonds is 7. The number of hydrogen-bond donors (Lipinski definition) is 1. The van der Waals surface area contributed by atoms with Crippen LogP contribution in [0.3, 0.4) is 0 Å². The van der Waals surface area contributed by atoms with E-state index in [4.69, 9.17) is 0 Å². The molecule has 8 nitrogen and oxygen atoms in total. The van der Waals surface area contributed by atoms with Gasteiger partial charge in [-0.25, -0.2) is 18.7 Å². The van der Waals surface area contributed by atoms with Gasteiger partial charge < -0.3 is 9.88 Å². The zero-order valence-electron chi connectivity index (χ0n) is 19.2. The molecule has 0 aliphatic rings. The molecule has 0 atom stereocenters. The van der Waals surface area contributed by atoms with Crippen LogP contribution in [0.4, 0.5) is 10.1 Å². The van der Waals surface area contributed by atoms with Gasteiger partial charge in [-0.15, -0.1) is 0 Å². The monoisotopic (exact) mass is 483 g/mol. The topological polar surface area (TPSA) is 90.9 Å². The quantitative estimate of drug-likeness (QED) is 0.385. The fourth-order valence-corrected chi connectivity index (χ4v) is 4.06. The van der Waals surface area contributed by atoms with Crippen molar-refractivity contribution in [1.82, 2.24) is 18.7 Å². The summed E-state index contributed by atoms with van der Waals surface area (Å²) >= 11 is 0. The first-order valence-corrected chi connectivity index (χ1v) is 11.3. The number of amides is 1. The Kier molecular flexibility index (Phi) is 6.27. The van der Waals surface area contributed by atoms with Gasteiger partial charge in [-0.05, 0) is 35.4 Å². The number of anilines is 1. The second kappa shape index (κ2) is 9.83. The van der Waals surface area contributed by atoms with Crippen LogP contribution in [0.25, 0.3) is 11.2 Å². The Morgan fingerprint density at radius 3 is 2.06 bits per heavy atom. The van der Waals surface area contributed by atoms with E-state index in [1.165, 1.54) is 35.2 Å². The summed E-state index contributed by atoms with van der Waals surface area (Å²) in [5.74, 6) is -1.02. The molecule has 0 radical (unpaired) electrons. The Morgan fingerprint density at radius 1 is 0.806 bits per heavy atom. The van der Waals surface area contributed by atoms with E-state index in [-0.39, 0.29) is 17.7 Å². The molecular weight excluding hydrogens is 461 g/mol. The zero-order chi connectivity index (χ0) is 25.1. The molecule has 0 saturated heterocycles. The van der Waals surface area contributed by atoms with E-state index in [0.717, 1.165) is 15.7 Å². The first-order valence-electron chi connectivity index (χ1n) is 11.3. The molecule has 36 heavy (non-hydrogen) atoms. The Hall–Kier alpha value is -4.79. The average Bonchev–Trinajstić information content (AvgIpc) is 3.30. The van der Waals surface area contributed by atoms with Crippen LogP contribution >= 0.6 is 0 Å². The van der Waals surface area contributed by atoms with Gasteiger partial charge in [0.05, 0.1) is 12.9 Å². The van der Waals surface area contributed by atoms with Gasteiger partial charge in [-0.3, -0.25) is 14.2 Å². The highest BCUT2D eigenvalue weighted by atomic mass is 19.1. The number of hydrogen-bond acceptors (Lipinski definition) is 4. The molecule has 0 saturated carbocycles. The zero-order valence-corrected chi connectivity index (χ0v) is 19.2. The highest BCUT2D eigenvalue weighted by Crippen LogP contribution is 2.13. The summed E-state index contributed by atoms with van der Waals surface area (Å²) in [7, 11) is 0. The van der Waals surface area contributed by atoms with Gasteiger partial charge in [0, 0.05) is 12.2 Å². The molecule has 0 aliphatic heterocycles. The first-order chi connectivity index (χ1) is 17.5. The molecule has 1 N–H and O–H groups in total. The smallest absolute Gasteiger partial charge is 0.325 e. The normalized spacial score (nSPS) is 11.0. The standard InChI is InChI=1S/C27H22FN5O3/c28-21-11-13-22(14-12-21)30-23(34)17-33-26(35)24-25(29-18-31(24)15-19-7-3-1-4-8-19)32(27(33)36)16-20-9-5-2-6-10-20/h1-14,18H,15-17H2,(H,30,34). The highest BCUT2D eigenvalue weighted by Gasteiger charge is 2.20. The van der Waals surface area contributed by atoms with Gasteiger partial charge >= 0.3 is 5.69 Å². The predicted molar refractivity (Wildman–Crippen MR) is 134 cm³/mol. The maximum absolute atomic E-state index is 13.5. The lowest BCUT2D eigenvalue weighted by Gasteiger charge is -2.13.